The lowest BCUT2D eigenvalue weighted by molar-refractivity contribution is -0.116. The average molecular weight is 454 g/mol. The van der Waals surface area contributed by atoms with Gasteiger partial charge in [-0.05, 0) is 49.4 Å². The number of rotatable bonds is 12. The molecule has 0 atom stereocenters. The van der Waals surface area contributed by atoms with Gasteiger partial charge in [0.05, 0.1) is 19.2 Å². The highest BCUT2D eigenvalue weighted by molar-refractivity contribution is 5.91. The highest BCUT2D eigenvalue weighted by Crippen LogP contribution is 2.29. The maximum atomic E-state index is 8.81. The van der Waals surface area contributed by atoms with E-state index in [4.69, 9.17) is 24.7 Å². The van der Waals surface area contributed by atoms with E-state index in [0.717, 1.165) is 40.5 Å². The maximum Gasteiger partial charge on any atom is 0.230 e. The van der Waals surface area contributed by atoms with Gasteiger partial charge in [-0.3, -0.25) is 10.0 Å². The number of anilines is 2. The molecule has 8 nitrogen and oxygen atoms in total. The van der Waals surface area contributed by atoms with Crippen LogP contribution >= 0.6 is 0 Å². The SMILES string of the molecule is CCCCCCCNCc1nc(N(C)c2ccc(OC)cc2)c2ccccc2n1.O=CNO. The van der Waals surface area contributed by atoms with Crippen LogP contribution in [0.4, 0.5) is 11.5 Å². The number of fused-ring (bicyclic) bond motifs is 1. The summed E-state index contributed by atoms with van der Waals surface area (Å²) in [7, 11) is 3.72. The highest BCUT2D eigenvalue weighted by Gasteiger charge is 2.13. The fourth-order valence-corrected chi connectivity index (χ4v) is 3.42. The van der Waals surface area contributed by atoms with Crippen molar-refractivity contribution in [2.24, 2.45) is 0 Å². The number of aromatic nitrogens is 2. The molecule has 1 aromatic heterocycles. The first-order valence-electron chi connectivity index (χ1n) is 11.3. The first-order chi connectivity index (χ1) is 16.1. The smallest absolute Gasteiger partial charge is 0.230 e. The summed E-state index contributed by atoms with van der Waals surface area (Å²) in [6.45, 7) is 3.93. The van der Waals surface area contributed by atoms with Crippen LogP contribution in [0.15, 0.2) is 48.5 Å². The first-order valence-corrected chi connectivity index (χ1v) is 11.3. The third kappa shape index (κ3) is 8.32. The summed E-state index contributed by atoms with van der Waals surface area (Å²) in [5, 5.41) is 11.8. The van der Waals surface area contributed by atoms with Crippen LogP contribution in [-0.2, 0) is 11.3 Å². The van der Waals surface area contributed by atoms with Gasteiger partial charge in [-0.2, -0.15) is 0 Å². The number of unbranched alkanes of at least 4 members (excludes halogenated alkanes) is 4. The molecule has 0 spiro atoms. The molecular formula is C25H35N5O3. The molecule has 33 heavy (non-hydrogen) atoms. The second-order valence-corrected chi connectivity index (χ2v) is 7.58. The second-order valence-electron chi connectivity index (χ2n) is 7.58. The Hall–Kier alpha value is -3.23. The van der Waals surface area contributed by atoms with Crippen molar-refractivity contribution in [3.8, 4) is 5.75 Å². The van der Waals surface area contributed by atoms with Crippen LogP contribution < -0.4 is 20.4 Å². The molecule has 0 aliphatic heterocycles. The predicted molar refractivity (Wildman–Crippen MR) is 132 cm³/mol. The zero-order valence-corrected chi connectivity index (χ0v) is 19.8. The zero-order valence-electron chi connectivity index (χ0n) is 19.8. The molecule has 0 saturated carbocycles. The normalized spacial score (nSPS) is 10.3. The van der Waals surface area contributed by atoms with Crippen LogP contribution in [0.2, 0.25) is 0 Å². The number of methoxy groups -OCH3 is 1. The van der Waals surface area contributed by atoms with Gasteiger partial charge in [0.25, 0.3) is 0 Å². The number of benzene rings is 2. The van der Waals surface area contributed by atoms with E-state index < -0.39 is 0 Å². The Morgan fingerprint density at radius 3 is 2.39 bits per heavy atom. The molecule has 2 aromatic carbocycles. The lowest BCUT2D eigenvalue weighted by Gasteiger charge is -2.21. The number of hydrogen-bond acceptors (Lipinski definition) is 7. The van der Waals surface area contributed by atoms with Gasteiger partial charge in [0, 0.05) is 18.1 Å². The van der Waals surface area contributed by atoms with Crippen molar-refractivity contribution in [2.45, 2.75) is 45.6 Å². The number of carbonyl (C=O) groups is 1. The number of para-hydroxylation sites is 1. The number of nitrogens with zero attached hydrogens (tertiary/aromatic N) is 3. The van der Waals surface area contributed by atoms with Crippen molar-refractivity contribution >= 4 is 28.8 Å². The molecule has 0 unspecified atom stereocenters. The van der Waals surface area contributed by atoms with Gasteiger partial charge in [0.2, 0.25) is 6.41 Å². The number of nitrogens with one attached hydrogen (secondary N) is 2. The fourth-order valence-electron chi connectivity index (χ4n) is 3.42. The molecule has 178 valence electrons. The van der Waals surface area contributed by atoms with E-state index in [-0.39, 0.29) is 6.41 Å². The summed E-state index contributed by atoms with van der Waals surface area (Å²) >= 11 is 0. The summed E-state index contributed by atoms with van der Waals surface area (Å²) in [6.07, 6.45) is 6.59. The number of hydroxylamine groups is 1. The second kappa shape index (κ2) is 14.8. The number of carbonyl (C=O) groups excluding carboxylic acids is 1. The highest BCUT2D eigenvalue weighted by atomic mass is 16.5. The Morgan fingerprint density at radius 1 is 1.03 bits per heavy atom. The van der Waals surface area contributed by atoms with E-state index in [2.05, 4.69) is 29.3 Å². The molecule has 0 aliphatic carbocycles. The first kappa shape index (κ1) is 26.0. The minimum Gasteiger partial charge on any atom is -0.497 e. The molecule has 0 radical (unpaired) electrons. The zero-order chi connectivity index (χ0) is 23.9. The molecule has 3 N–H and O–H groups in total. The molecule has 3 rings (SSSR count). The maximum absolute atomic E-state index is 8.81. The monoisotopic (exact) mass is 453 g/mol. The lowest BCUT2D eigenvalue weighted by atomic mass is 10.1. The molecule has 8 heteroatoms. The molecule has 1 amide bonds. The summed E-state index contributed by atoms with van der Waals surface area (Å²) in [4.78, 5) is 20.6. The quantitative estimate of drug-likeness (QED) is 0.160. The lowest BCUT2D eigenvalue weighted by Crippen LogP contribution is -2.19. The number of ether oxygens (including phenoxy) is 1. The van der Waals surface area contributed by atoms with Crippen molar-refractivity contribution in [3.05, 3.63) is 54.4 Å². The van der Waals surface area contributed by atoms with Crippen LogP contribution in [0, 0.1) is 0 Å². The van der Waals surface area contributed by atoms with Gasteiger partial charge < -0.3 is 15.0 Å². The minimum absolute atomic E-state index is 0.181. The fraction of sp³-hybridized carbons (Fsp3) is 0.400. The topological polar surface area (TPSA) is 99.6 Å². The third-order valence-corrected chi connectivity index (χ3v) is 5.20. The van der Waals surface area contributed by atoms with Crippen molar-refractivity contribution in [2.75, 3.05) is 25.6 Å². The van der Waals surface area contributed by atoms with Crippen molar-refractivity contribution in [1.82, 2.24) is 20.8 Å². The standard InChI is InChI=1S/C24H32N4O.CH3NO2/c1-4-5-6-7-10-17-25-18-23-26-22-12-9-8-11-21(22)24(27-23)28(2)19-13-15-20(29-3)16-14-19;3-1-2-4/h8-9,11-16,25H,4-7,10,17-18H2,1-3H3;1,4H,(H,2,3). The van der Waals surface area contributed by atoms with Gasteiger partial charge >= 0.3 is 0 Å². The van der Waals surface area contributed by atoms with Gasteiger partial charge in [-0.25, -0.2) is 15.4 Å². The summed E-state index contributed by atoms with van der Waals surface area (Å²) < 4.78 is 5.28. The van der Waals surface area contributed by atoms with Crippen molar-refractivity contribution in [3.63, 3.8) is 0 Å². The van der Waals surface area contributed by atoms with Crippen LogP contribution in [0.3, 0.4) is 0 Å². The van der Waals surface area contributed by atoms with E-state index in [1.807, 2.05) is 43.4 Å². The average Bonchev–Trinajstić information content (AvgIpc) is 2.87. The summed E-state index contributed by atoms with van der Waals surface area (Å²) in [6, 6.07) is 16.2. The van der Waals surface area contributed by atoms with Gasteiger partial charge in [0.1, 0.15) is 17.4 Å². The Balaban J connectivity index is 0.000000890. The predicted octanol–water partition coefficient (Wildman–Crippen LogP) is 4.59. The Bertz CT molecular complexity index is 966. The Labute approximate surface area is 196 Å². The molecule has 1 heterocycles. The molecule has 3 aromatic rings. The summed E-state index contributed by atoms with van der Waals surface area (Å²) in [5.74, 6) is 2.59. The molecule has 0 aliphatic rings. The molecular weight excluding hydrogens is 418 g/mol. The molecule has 0 saturated heterocycles. The Kier molecular flexibility index (Phi) is 11.6. The van der Waals surface area contributed by atoms with Gasteiger partial charge in [0.15, 0.2) is 0 Å². The minimum atomic E-state index is 0.181. The van der Waals surface area contributed by atoms with E-state index in [0.29, 0.717) is 6.54 Å². The van der Waals surface area contributed by atoms with Crippen LogP contribution in [-0.4, -0.2) is 42.3 Å². The third-order valence-electron chi connectivity index (χ3n) is 5.20. The van der Waals surface area contributed by atoms with Crippen LogP contribution in [0.25, 0.3) is 10.9 Å². The van der Waals surface area contributed by atoms with E-state index in [1.54, 1.807) is 7.11 Å². The van der Waals surface area contributed by atoms with E-state index in [1.165, 1.54) is 37.6 Å². The Morgan fingerprint density at radius 2 is 1.73 bits per heavy atom. The summed E-state index contributed by atoms with van der Waals surface area (Å²) in [5.41, 5.74) is 3.28. The van der Waals surface area contributed by atoms with Crippen molar-refractivity contribution in [1.29, 1.82) is 0 Å². The van der Waals surface area contributed by atoms with Gasteiger partial charge in [-0.1, -0.05) is 44.7 Å². The largest absolute Gasteiger partial charge is 0.497 e. The van der Waals surface area contributed by atoms with Crippen LogP contribution in [0.1, 0.15) is 44.9 Å². The van der Waals surface area contributed by atoms with Crippen molar-refractivity contribution < 1.29 is 14.7 Å². The van der Waals surface area contributed by atoms with Gasteiger partial charge in [-0.15, -0.1) is 0 Å². The van der Waals surface area contributed by atoms with E-state index >= 15 is 0 Å². The van der Waals surface area contributed by atoms with E-state index in [9.17, 15) is 0 Å². The molecule has 0 bridgehead atoms. The number of amides is 1. The molecule has 0 fully saturated rings. The van der Waals surface area contributed by atoms with Crippen LogP contribution in [0.5, 0.6) is 5.75 Å². The number of hydrogen-bond donors (Lipinski definition) is 3.